The SMILES string of the molecule is [2H]c1c([2H])c([2H])c(C([2H])([2H])C([2H])N=C(N)NC(C)=N)c([2H])c1[2H]. The van der Waals surface area contributed by atoms with E-state index < -0.39 is 48.7 Å². The number of amidine groups is 1. The predicted octanol–water partition coefficient (Wildman–Crippen LogP) is 1.13. The highest BCUT2D eigenvalue weighted by atomic mass is 15.1. The summed E-state index contributed by atoms with van der Waals surface area (Å²) in [6.07, 6.45) is -2.68. The van der Waals surface area contributed by atoms with Gasteiger partial charge in [-0.15, -0.1) is 0 Å². The molecule has 4 N–H and O–H groups in total. The summed E-state index contributed by atoms with van der Waals surface area (Å²) in [4.78, 5) is 3.53. The molecule has 0 aromatic heterocycles. The summed E-state index contributed by atoms with van der Waals surface area (Å²) in [6.45, 7) is -0.524. The van der Waals surface area contributed by atoms with Crippen molar-refractivity contribution in [3.63, 3.8) is 0 Å². The Morgan fingerprint density at radius 1 is 1.60 bits per heavy atom. The van der Waals surface area contributed by atoms with E-state index >= 15 is 0 Å². The van der Waals surface area contributed by atoms with E-state index in [-0.39, 0.29) is 11.8 Å². The van der Waals surface area contributed by atoms with Crippen molar-refractivity contribution in [2.24, 2.45) is 10.7 Å². The lowest BCUT2D eigenvalue weighted by atomic mass is 10.2. The Hall–Kier alpha value is -1.84. The van der Waals surface area contributed by atoms with Gasteiger partial charge in [-0.3, -0.25) is 10.4 Å². The Labute approximate surface area is 101 Å². The van der Waals surface area contributed by atoms with Gasteiger partial charge in [-0.2, -0.15) is 0 Å². The molecule has 0 saturated carbocycles. The molecule has 0 amide bonds. The van der Waals surface area contributed by atoms with Crippen molar-refractivity contribution < 1.29 is 11.0 Å². The van der Waals surface area contributed by atoms with Crippen LogP contribution in [0, 0.1) is 5.41 Å². The number of aliphatic imine (C=N–C) groups is 1. The Balaban J connectivity index is 3.42. The van der Waals surface area contributed by atoms with E-state index in [0.717, 1.165) is 0 Å². The number of hydrogen-bond donors (Lipinski definition) is 3. The van der Waals surface area contributed by atoms with Gasteiger partial charge in [-0.1, -0.05) is 30.2 Å². The highest BCUT2D eigenvalue weighted by Gasteiger charge is 1.92. The molecular weight excluding hydrogens is 188 g/mol. The molecule has 1 atom stereocenters. The fourth-order valence-corrected chi connectivity index (χ4v) is 0.713. The van der Waals surface area contributed by atoms with Crippen molar-refractivity contribution in [3.05, 3.63) is 35.8 Å². The minimum Gasteiger partial charge on any atom is -0.370 e. The first-order valence-electron chi connectivity index (χ1n) is 8.14. The highest BCUT2D eigenvalue weighted by Crippen LogP contribution is 1.98. The highest BCUT2D eigenvalue weighted by molar-refractivity contribution is 5.96. The van der Waals surface area contributed by atoms with E-state index in [1.807, 2.05) is 0 Å². The molecule has 0 spiro atoms. The molecule has 80 valence electrons. The second-order valence-electron chi connectivity index (χ2n) is 2.54. The summed E-state index contributed by atoms with van der Waals surface area (Å²) in [6, 6.07) is -3.50. The monoisotopic (exact) mass is 212 g/mol. The van der Waals surface area contributed by atoms with E-state index in [1.54, 1.807) is 0 Å². The molecule has 4 nitrogen and oxygen atoms in total. The van der Waals surface area contributed by atoms with Crippen molar-refractivity contribution >= 4 is 11.8 Å². The summed E-state index contributed by atoms with van der Waals surface area (Å²) in [5.41, 5.74) is 4.76. The molecule has 0 heterocycles. The molecule has 1 rings (SSSR count). The molecule has 0 fully saturated rings. The smallest absolute Gasteiger partial charge is 0.194 e. The lowest BCUT2D eigenvalue weighted by Crippen LogP contribution is -2.35. The molecule has 0 aliphatic rings. The van der Waals surface area contributed by atoms with Gasteiger partial charge in [0, 0.05) is 9.26 Å². The maximum absolute atomic E-state index is 7.96. The molecule has 0 aliphatic heterocycles. The molecule has 1 aromatic rings. The van der Waals surface area contributed by atoms with Crippen LogP contribution in [0.2, 0.25) is 0 Å². The Kier molecular flexibility index (Phi) is 1.68. The van der Waals surface area contributed by atoms with Gasteiger partial charge >= 0.3 is 0 Å². The van der Waals surface area contributed by atoms with Crippen molar-refractivity contribution in [2.75, 3.05) is 6.52 Å². The van der Waals surface area contributed by atoms with Crippen molar-refractivity contribution in [1.82, 2.24) is 5.32 Å². The van der Waals surface area contributed by atoms with Crippen LogP contribution in [0.3, 0.4) is 0 Å². The van der Waals surface area contributed by atoms with Crippen LogP contribution in [0.5, 0.6) is 0 Å². The van der Waals surface area contributed by atoms with Gasteiger partial charge in [0.25, 0.3) is 0 Å². The zero-order valence-corrected chi connectivity index (χ0v) is 8.10. The molecular formula is C11H16N4. The molecule has 1 aromatic carbocycles. The number of guanidine groups is 1. The van der Waals surface area contributed by atoms with Crippen molar-refractivity contribution in [3.8, 4) is 0 Å². The van der Waals surface area contributed by atoms with Crippen LogP contribution >= 0.6 is 0 Å². The zero-order chi connectivity index (χ0) is 18.1. The molecule has 0 saturated heterocycles. The second-order valence-corrected chi connectivity index (χ2v) is 2.54. The van der Waals surface area contributed by atoms with Crippen LogP contribution in [0.4, 0.5) is 0 Å². The number of nitrogens with two attached hydrogens (primary N) is 1. The summed E-state index contributed by atoms with van der Waals surface area (Å²) in [5, 5.41) is 9.46. The first-order valence-corrected chi connectivity index (χ1v) is 4.06. The summed E-state index contributed by atoms with van der Waals surface area (Å²) in [5.74, 6) is -0.449. The van der Waals surface area contributed by atoms with Crippen LogP contribution in [-0.2, 0) is 6.37 Å². The van der Waals surface area contributed by atoms with Crippen LogP contribution in [0.25, 0.3) is 0 Å². The number of hydrogen-bond acceptors (Lipinski definition) is 2. The average molecular weight is 212 g/mol. The Morgan fingerprint density at radius 2 is 2.27 bits per heavy atom. The quantitative estimate of drug-likeness (QED) is 0.519. The topological polar surface area (TPSA) is 74.3 Å². The van der Waals surface area contributed by atoms with Gasteiger partial charge in [-0.25, -0.2) is 0 Å². The van der Waals surface area contributed by atoms with E-state index in [1.165, 1.54) is 6.92 Å². The third-order valence-corrected chi connectivity index (χ3v) is 1.23. The first kappa shape index (κ1) is 4.35. The van der Waals surface area contributed by atoms with Crippen LogP contribution in [-0.4, -0.2) is 18.3 Å². The fraction of sp³-hybridized carbons (Fsp3) is 0.273. The average Bonchev–Trinajstić information content (AvgIpc) is 2.41. The maximum atomic E-state index is 7.96. The molecule has 0 bridgehead atoms. The van der Waals surface area contributed by atoms with Gasteiger partial charge < -0.3 is 11.1 Å². The number of nitrogens with one attached hydrogen (secondary N) is 2. The molecule has 1 unspecified atom stereocenters. The van der Waals surface area contributed by atoms with Gasteiger partial charge in [0.1, 0.15) is 0 Å². The zero-order valence-electron chi connectivity index (χ0n) is 16.1. The molecule has 15 heavy (non-hydrogen) atoms. The van der Waals surface area contributed by atoms with E-state index in [0.29, 0.717) is 0 Å². The minimum atomic E-state index is -2.68. The summed E-state index contributed by atoms with van der Waals surface area (Å²) < 4.78 is 61.8. The minimum absolute atomic E-state index is 0.0678. The van der Waals surface area contributed by atoms with Gasteiger partial charge in [-0.05, 0) is 18.9 Å². The van der Waals surface area contributed by atoms with Gasteiger partial charge in [0.05, 0.1) is 14.1 Å². The fourth-order valence-electron chi connectivity index (χ4n) is 0.713. The van der Waals surface area contributed by atoms with E-state index in [4.69, 9.17) is 22.1 Å². The largest absolute Gasteiger partial charge is 0.370 e. The van der Waals surface area contributed by atoms with Crippen LogP contribution in [0.15, 0.2) is 35.2 Å². The van der Waals surface area contributed by atoms with Crippen molar-refractivity contribution in [1.29, 1.82) is 5.41 Å². The van der Waals surface area contributed by atoms with Crippen LogP contribution in [0.1, 0.15) is 23.5 Å². The van der Waals surface area contributed by atoms with E-state index in [2.05, 4.69) is 10.3 Å². The Bertz CT molecular complexity index is 643. The summed E-state index contributed by atoms with van der Waals surface area (Å²) >= 11 is 0. The number of rotatable bonds is 3. The Morgan fingerprint density at radius 3 is 2.87 bits per heavy atom. The van der Waals surface area contributed by atoms with E-state index in [9.17, 15) is 0 Å². The number of nitrogens with zero attached hydrogens (tertiary/aromatic N) is 1. The normalized spacial score (nSPS) is 21.8. The van der Waals surface area contributed by atoms with Crippen molar-refractivity contribution in [2.45, 2.75) is 13.3 Å². The molecule has 4 heteroatoms. The third kappa shape index (κ3) is 4.81. The van der Waals surface area contributed by atoms with Crippen LogP contribution < -0.4 is 11.1 Å². The third-order valence-electron chi connectivity index (χ3n) is 1.23. The molecule has 0 aliphatic carbocycles. The summed E-state index contributed by atoms with van der Waals surface area (Å²) in [7, 11) is 0. The standard InChI is InChI=1S/C11H16N4/c1-9(12)15-11(13)14-8-7-10-5-3-2-4-6-10/h2-6H,7-8H2,1H3,(H4,12,13,14,15)/i2D,3D,4D,5D,6D,7D2,8D. The van der Waals surface area contributed by atoms with Gasteiger partial charge in [0.2, 0.25) is 0 Å². The predicted molar refractivity (Wildman–Crippen MR) is 63.2 cm³/mol. The lowest BCUT2D eigenvalue weighted by Gasteiger charge is -2.02. The first-order chi connectivity index (χ1) is 10.4. The second kappa shape index (κ2) is 5.80. The molecule has 0 radical (unpaired) electrons. The number of benzene rings is 1. The van der Waals surface area contributed by atoms with Gasteiger partial charge in [0.15, 0.2) is 5.96 Å². The lowest BCUT2D eigenvalue weighted by molar-refractivity contribution is 0.955. The maximum Gasteiger partial charge on any atom is 0.194 e.